The second kappa shape index (κ2) is 3.39. The molecule has 14 heavy (non-hydrogen) atoms. The summed E-state index contributed by atoms with van der Waals surface area (Å²) in [6, 6.07) is 3.70. The van der Waals surface area contributed by atoms with Crippen molar-refractivity contribution < 1.29 is 4.39 Å². The Kier molecular flexibility index (Phi) is 2.35. The van der Waals surface area contributed by atoms with E-state index in [1.54, 1.807) is 6.07 Å². The van der Waals surface area contributed by atoms with E-state index in [4.69, 9.17) is 0 Å². The van der Waals surface area contributed by atoms with Crippen LogP contribution in [0.5, 0.6) is 0 Å². The molecule has 0 atom stereocenters. The smallest absolute Gasteiger partial charge is 0.161 e. The van der Waals surface area contributed by atoms with E-state index < -0.39 is 0 Å². The quantitative estimate of drug-likeness (QED) is 0.795. The summed E-state index contributed by atoms with van der Waals surface area (Å²) in [5.74, 6) is -0.203. The number of hydrogen-bond donors (Lipinski definition) is 1. The van der Waals surface area contributed by atoms with Crippen molar-refractivity contribution in [3.63, 3.8) is 0 Å². The number of fused-ring (bicyclic) bond motifs is 1. The van der Waals surface area contributed by atoms with E-state index in [0.717, 1.165) is 17.5 Å². The molecule has 1 aromatic carbocycles. The topological polar surface area (TPSA) is 15.8 Å². The molecule has 0 aliphatic heterocycles. The highest BCUT2D eigenvalue weighted by Gasteiger charge is 2.11. The maximum absolute atomic E-state index is 13.6. The average molecular weight is 256 g/mol. The molecule has 1 heterocycles. The molecule has 0 spiro atoms. The zero-order valence-corrected chi connectivity index (χ0v) is 9.70. The lowest BCUT2D eigenvalue weighted by Crippen LogP contribution is -1.81. The second-order valence-electron chi connectivity index (χ2n) is 3.37. The zero-order valence-electron chi connectivity index (χ0n) is 8.12. The third-order valence-corrected chi connectivity index (χ3v) is 3.15. The van der Waals surface area contributed by atoms with Crippen LogP contribution in [0.3, 0.4) is 0 Å². The molecular weight excluding hydrogens is 245 g/mol. The van der Waals surface area contributed by atoms with Crippen molar-refractivity contribution in [3.8, 4) is 0 Å². The number of benzene rings is 1. The maximum Gasteiger partial charge on any atom is 0.161 e. The molecule has 0 unspecified atom stereocenters. The molecule has 74 valence electrons. The number of H-pyrrole nitrogens is 1. The molecule has 2 aromatic rings. The zero-order chi connectivity index (χ0) is 10.3. The Labute approximate surface area is 90.5 Å². The molecule has 0 aliphatic rings. The number of hydrogen-bond acceptors (Lipinski definition) is 0. The van der Waals surface area contributed by atoms with Crippen molar-refractivity contribution in [2.75, 3.05) is 0 Å². The molecule has 0 radical (unpaired) electrons. The van der Waals surface area contributed by atoms with Gasteiger partial charge in [0, 0.05) is 11.1 Å². The number of aromatic nitrogens is 1. The first kappa shape index (κ1) is 9.71. The Hall–Kier alpha value is -0.830. The van der Waals surface area contributed by atoms with Crippen LogP contribution in [0.1, 0.15) is 18.2 Å². The summed E-state index contributed by atoms with van der Waals surface area (Å²) in [7, 11) is 0. The minimum atomic E-state index is -0.203. The summed E-state index contributed by atoms with van der Waals surface area (Å²) in [4.78, 5) is 3.08. The van der Waals surface area contributed by atoms with Crippen LogP contribution in [0.15, 0.2) is 16.6 Å². The summed E-state index contributed by atoms with van der Waals surface area (Å²) in [5, 5.41) is 0.991. The minimum absolute atomic E-state index is 0.203. The summed E-state index contributed by atoms with van der Waals surface area (Å²) in [5.41, 5.74) is 2.86. The van der Waals surface area contributed by atoms with Crippen molar-refractivity contribution in [2.45, 2.75) is 20.3 Å². The standard InChI is InChI=1S/C11H11BrFN/c1-3-7-6(2)14-11-8(7)4-5-9(12)10(11)13/h4-5,14H,3H2,1-2H3. The van der Waals surface area contributed by atoms with Crippen molar-refractivity contribution in [1.82, 2.24) is 4.98 Å². The van der Waals surface area contributed by atoms with Gasteiger partial charge in [0.05, 0.1) is 9.99 Å². The molecule has 2 rings (SSSR count). The van der Waals surface area contributed by atoms with Gasteiger partial charge in [-0.1, -0.05) is 13.0 Å². The van der Waals surface area contributed by atoms with Crippen LogP contribution in [-0.4, -0.2) is 4.98 Å². The van der Waals surface area contributed by atoms with Gasteiger partial charge in [-0.05, 0) is 40.9 Å². The van der Waals surface area contributed by atoms with E-state index in [-0.39, 0.29) is 5.82 Å². The van der Waals surface area contributed by atoms with Crippen molar-refractivity contribution in [2.24, 2.45) is 0 Å². The predicted molar refractivity (Wildman–Crippen MR) is 60.1 cm³/mol. The lowest BCUT2D eigenvalue weighted by molar-refractivity contribution is 0.630. The first-order chi connectivity index (χ1) is 6.65. The van der Waals surface area contributed by atoms with Crippen LogP contribution in [0, 0.1) is 12.7 Å². The summed E-state index contributed by atoms with van der Waals surface area (Å²) < 4.78 is 14.2. The van der Waals surface area contributed by atoms with E-state index in [2.05, 4.69) is 27.8 Å². The normalized spacial score (nSPS) is 11.1. The Bertz CT molecular complexity index is 487. The van der Waals surface area contributed by atoms with Crippen LogP contribution in [-0.2, 0) is 6.42 Å². The molecule has 0 bridgehead atoms. The van der Waals surface area contributed by atoms with Crippen molar-refractivity contribution in [1.29, 1.82) is 0 Å². The van der Waals surface area contributed by atoms with Crippen LogP contribution in [0.2, 0.25) is 0 Å². The molecule has 1 nitrogen and oxygen atoms in total. The van der Waals surface area contributed by atoms with Gasteiger partial charge in [0.2, 0.25) is 0 Å². The number of nitrogens with one attached hydrogen (secondary N) is 1. The minimum Gasteiger partial charge on any atom is -0.356 e. The molecule has 0 amide bonds. The molecule has 0 saturated heterocycles. The Morgan fingerprint density at radius 2 is 2.14 bits per heavy atom. The monoisotopic (exact) mass is 255 g/mol. The van der Waals surface area contributed by atoms with Gasteiger partial charge in [-0.25, -0.2) is 4.39 Å². The van der Waals surface area contributed by atoms with E-state index in [1.807, 2.05) is 13.0 Å². The summed E-state index contributed by atoms with van der Waals surface area (Å²) in [6.07, 6.45) is 0.924. The van der Waals surface area contributed by atoms with Crippen molar-refractivity contribution >= 4 is 26.8 Å². The second-order valence-corrected chi connectivity index (χ2v) is 4.22. The van der Waals surface area contributed by atoms with Crippen LogP contribution < -0.4 is 0 Å². The highest BCUT2D eigenvalue weighted by atomic mass is 79.9. The van der Waals surface area contributed by atoms with E-state index in [9.17, 15) is 4.39 Å². The van der Waals surface area contributed by atoms with Crippen molar-refractivity contribution in [3.05, 3.63) is 33.7 Å². The number of aryl methyl sites for hydroxylation is 2. The highest BCUT2D eigenvalue weighted by Crippen LogP contribution is 2.28. The van der Waals surface area contributed by atoms with Gasteiger partial charge in [0.25, 0.3) is 0 Å². The molecule has 1 aromatic heterocycles. The summed E-state index contributed by atoms with van der Waals surface area (Å²) in [6.45, 7) is 4.06. The first-order valence-corrected chi connectivity index (χ1v) is 5.39. The molecule has 3 heteroatoms. The van der Waals surface area contributed by atoms with Crippen LogP contribution in [0.25, 0.3) is 10.9 Å². The number of halogens is 2. The lowest BCUT2D eigenvalue weighted by Gasteiger charge is -1.97. The van der Waals surface area contributed by atoms with Gasteiger partial charge in [0.15, 0.2) is 5.82 Å². The fourth-order valence-electron chi connectivity index (χ4n) is 1.84. The first-order valence-electron chi connectivity index (χ1n) is 4.60. The third-order valence-electron chi connectivity index (χ3n) is 2.54. The van der Waals surface area contributed by atoms with Gasteiger partial charge < -0.3 is 4.98 Å². The lowest BCUT2D eigenvalue weighted by atomic mass is 10.1. The van der Waals surface area contributed by atoms with Gasteiger partial charge in [-0.2, -0.15) is 0 Å². The Morgan fingerprint density at radius 3 is 2.79 bits per heavy atom. The molecule has 0 fully saturated rings. The van der Waals surface area contributed by atoms with Gasteiger partial charge in [-0.15, -0.1) is 0 Å². The van der Waals surface area contributed by atoms with Gasteiger partial charge >= 0.3 is 0 Å². The van der Waals surface area contributed by atoms with Gasteiger partial charge in [0.1, 0.15) is 0 Å². The maximum atomic E-state index is 13.6. The third kappa shape index (κ3) is 1.27. The highest BCUT2D eigenvalue weighted by molar-refractivity contribution is 9.10. The Balaban J connectivity index is 2.87. The fraction of sp³-hybridized carbons (Fsp3) is 0.273. The van der Waals surface area contributed by atoms with Crippen LogP contribution >= 0.6 is 15.9 Å². The molecule has 0 saturated carbocycles. The average Bonchev–Trinajstić information content (AvgIpc) is 2.49. The van der Waals surface area contributed by atoms with E-state index in [0.29, 0.717) is 9.99 Å². The molecular formula is C11H11BrFN. The predicted octanol–water partition coefficient (Wildman–Crippen LogP) is 3.94. The fourth-order valence-corrected chi connectivity index (χ4v) is 2.18. The largest absolute Gasteiger partial charge is 0.356 e. The van der Waals surface area contributed by atoms with Gasteiger partial charge in [-0.3, -0.25) is 0 Å². The summed E-state index contributed by atoms with van der Waals surface area (Å²) >= 11 is 3.18. The van der Waals surface area contributed by atoms with E-state index in [1.165, 1.54) is 5.56 Å². The van der Waals surface area contributed by atoms with E-state index >= 15 is 0 Å². The number of aromatic amines is 1. The molecule has 0 aliphatic carbocycles. The SMILES string of the molecule is CCc1c(C)[nH]c2c(F)c(Br)ccc12. The molecule has 1 N–H and O–H groups in total. The van der Waals surface area contributed by atoms with Crippen LogP contribution in [0.4, 0.5) is 4.39 Å². The number of rotatable bonds is 1. The Morgan fingerprint density at radius 1 is 1.43 bits per heavy atom.